The summed E-state index contributed by atoms with van der Waals surface area (Å²) >= 11 is 0. The molecular weight excluding hydrogens is 557 g/mol. The zero-order valence-electron chi connectivity index (χ0n) is 23.4. The van der Waals surface area contributed by atoms with E-state index in [4.69, 9.17) is 4.74 Å². The van der Waals surface area contributed by atoms with Gasteiger partial charge in [-0.15, -0.1) is 0 Å². The predicted octanol–water partition coefficient (Wildman–Crippen LogP) is 1.45. The molecule has 0 bridgehead atoms. The summed E-state index contributed by atoms with van der Waals surface area (Å²) in [6.07, 6.45) is -1.30. The average molecular weight is 591 g/mol. The molecule has 11 nitrogen and oxygen atoms in total. The highest BCUT2D eigenvalue weighted by Gasteiger charge is 2.70. The Labute approximate surface area is 240 Å². The molecule has 1 aromatic rings. The van der Waals surface area contributed by atoms with Crippen molar-refractivity contribution in [3.63, 3.8) is 0 Å². The van der Waals surface area contributed by atoms with E-state index in [0.717, 1.165) is 12.8 Å². The van der Waals surface area contributed by atoms with E-state index >= 15 is 0 Å². The number of ether oxygens (including phenoxy) is 1. The first-order valence-corrected chi connectivity index (χ1v) is 13.9. The number of amides is 4. The van der Waals surface area contributed by atoms with Crippen LogP contribution in [0.15, 0.2) is 24.5 Å². The van der Waals surface area contributed by atoms with Crippen molar-refractivity contribution in [3.05, 3.63) is 24.5 Å². The lowest BCUT2D eigenvalue weighted by molar-refractivity contribution is -0.176. The lowest BCUT2D eigenvalue weighted by Gasteiger charge is -2.35. The van der Waals surface area contributed by atoms with E-state index < -0.39 is 54.0 Å². The third-order valence-electron chi connectivity index (χ3n) is 9.24. The monoisotopic (exact) mass is 590 g/mol. The van der Waals surface area contributed by atoms with Gasteiger partial charge in [-0.25, -0.2) is 0 Å². The first-order valence-electron chi connectivity index (χ1n) is 13.9. The summed E-state index contributed by atoms with van der Waals surface area (Å²) in [6, 6.07) is 1.20. The standard InChI is InChI=1S/C28H33F3N6O5/c1-14(42-17-5-4-8-33-12-17)20(35-25(41)28(29,30)31)24(40)37-13-18-19(26(18,2)3)21(37)23(39)34-16(11-32)9-15-10-27(6-7-27)36-22(15)38/h4-5,8,12,14-16,18-21H,6-7,9-10,13H2,1-3H3,(H,34,39)(H,35,41)(H,36,38). The van der Waals surface area contributed by atoms with Crippen molar-refractivity contribution in [3.8, 4) is 11.8 Å². The zero-order valence-corrected chi connectivity index (χ0v) is 23.4. The maximum atomic E-state index is 13.8. The largest absolute Gasteiger partial charge is 0.486 e. The number of aromatic nitrogens is 1. The molecule has 0 aromatic carbocycles. The SMILES string of the molecule is CC(Oc1cccnc1)C(NC(=O)C(F)(F)F)C(=O)N1CC2C(C1C(=O)NC(C#N)CC1CC3(CC3)NC1=O)C2(C)C. The summed E-state index contributed by atoms with van der Waals surface area (Å²) in [5, 5.41) is 17.2. The van der Waals surface area contributed by atoms with Crippen molar-refractivity contribution in [2.45, 2.75) is 82.4 Å². The number of hydrogen-bond acceptors (Lipinski definition) is 7. The van der Waals surface area contributed by atoms with Crippen LogP contribution >= 0.6 is 0 Å². The molecule has 3 N–H and O–H groups in total. The molecular formula is C28H33F3N6O5. The Bertz CT molecular complexity index is 1310. The summed E-state index contributed by atoms with van der Waals surface area (Å²) < 4.78 is 45.4. The van der Waals surface area contributed by atoms with Gasteiger partial charge in [-0.1, -0.05) is 13.8 Å². The molecule has 7 unspecified atom stereocenters. The number of nitrogens with one attached hydrogen (secondary N) is 3. The molecule has 0 radical (unpaired) electrons. The van der Waals surface area contributed by atoms with Crippen LogP contribution in [0.2, 0.25) is 0 Å². The van der Waals surface area contributed by atoms with Gasteiger partial charge in [-0.3, -0.25) is 24.2 Å². The third kappa shape index (κ3) is 5.61. The van der Waals surface area contributed by atoms with E-state index in [-0.39, 0.29) is 47.4 Å². The third-order valence-corrected chi connectivity index (χ3v) is 9.24. The summed E-state index contributed by atoms with van der Waals surface area (Å²) in [4.78, 5) is 56.9. The van der Waals surface area contributed by atoms with Crippen LogP contribution in [0.3, 0.4) is 0 Å². The second-order valence-corrected chi connectivity index (χ2v) is 12.4. The Morgan fingerprint density at radius 2 is 2.00 bits per heavy atom. The average Bonchev–Trinajstić information content (AvgIpc) is 3.64. The number of piperidine rings is 1. The lowest BCUT2D eigenvalue weighted by Crippen LogP contribution is -2.61. The highest BCUT2D eigenvalue weighted by molar-refractivity contribution is 5.95. The molecule has 4 aliphatic rings. The van der Waals surface area contributed by atoms with Crippen LogP contribution < -0.4 is 20.7 Å². The minimum atomic E-state index is -5.26. The van der Waals surface area contributed by atoms with Gasteiger partial charge in [-0.05, 0) is 62.0 Å². The van der Waals surface area contributed by atoms with Gasteiger partial charge in [-0.2, -0.15) is 18.4 Å². The molecule has 2 saturated carbocycles. The van der Waals surface area contributed by atoms with Gasteiger partial charge in [0.2, 0.25) is 17.7 Å². The van der Waals surface area contributed by atoms with Gasteiger partial charge >= 0.3 is 12.1 Å². The van der Waals surface area contributed by atoms with E-state index in [0.29, 0.717) is 6.42 Å². The smallest absolute Gasteiger partial charge is 0.471 e. The van der Waals surface area contributed by atoms with Crippen molar-refractivity contribution >= 4 is 23.6 Å². The Morgan fingerprint density at radius 1 is 1.29 bits per heavy atom. The van der Waals surface area contributed by atoms with E-state index in [1.54, 1.807) is 5.32 Å². The molecule has 7 atom stereocenters. The molecule has 2 saturated heterocycles. The molecule has 4 fully saturated rings. The molecule has 3 heterocycles. The number of likely N-dealkylation sites (tertiary alicyclic amines) is 1. The van der Waals surface area contributed by atoms with Crippen molar-refractivity contribution < 1.29 is 37.1 Å². The Hall–Kier alpha value is -3.89. The fourth-order valence-electron chi connectivity index (χ4n) is 6.63. The maximum Gasteiger partial charge on any atom is 0.471 e. The van der Waals surface area contributed by atoms with Crippen LogP contribution in [0.5, 0.6) is 5.75 Å². The van der Waals surface area contributed by atoms with Crippen molar-refractivity contribution in [2.75, 3.05) is 6.54 Å². The molecule has 1 aromatic heterocycles. The maximum absolute atomic E-state index is 13.8. The number of nitrogens with zero attached hydrogens (tertiary/aromatic N) is 3. The van der Waals surface area contributed by atoms with Crippen molar-refractivity contribution in [2.24, 2.45) is 23.2 Å². The minimum Gasteiger partial charge on any atom is -0.486 e. The number of rotatable bonds is 9. The molecule has 14 heteroatoms. The summed E-state index contributed by atoms with van der Waals surface area (Å²) in [6.45, 7) is 5.28. The number of carbonyl (C=O) groups is 4. The van der Waals surface area contributed by atoms with Crippen molar-refractivity contribution in [1.29, 1.82) is 5.26 Å². The van der Waals surface area contributed by atoms with E-state index in [2.05, 4.69) is 15.6 Å². The van der Waals surface area contributed by atoms with Crippen molar-refractivity contribution in [1.82, 2.24) is 25.8 Å². The van der Waals surface area contributed by atoms with Crippen LogP contribution in [0.4, 0.5) is 13.2 Å². The molecule has 2 aliphatic heterocycles. The van der Waals surface area contributed by atoms with E-state index in [1.807, 2.05) is 19.9 Å². The molecule has 226 valence electrons. The van der Waals surface area contributed by atoms with Gasteiger partial charge in [0.25, 0.3) is 0 Å². The van der Waals surface area contributed by atoms with E-state index in [1.165, 1.54) is 36.4 Å². The van der Waals surface area contributed by atoms with Gasteiger partial charge in [0.1, 0.15) is 30.0 Å². The van der Waals surface area contributed by atoms with Crippen LogP contribution in [0.1, 0.15) is 46.5 Å². The Kier molecular flexibility index (Phi) is 7.35. The second kappa shape index (κ2) is 10.4. The van der Waals surface area contributed by atoms with Crippen LogP contribution in [0.25, 0.3) is 0 Å². The molecule has 2 aliphatic carbocycles. The van der Waals surface area contributed by atoms with E-state index in [9.17, 15) is 37.6 Å². The molecule has 1 spiro atoms. The number of carbonyl (C=O) groups excluding carboxylic acids is 4. The summed E-state index contributed by atoms with van der Waals surface area (Å²) in [7, 11) is 0. The molecule has 42 heavy (non-hydrogen) atoms. The quantitative estimate of drug-likeness (QED) is 0.394. The number of alkyl halides is 3. The number of halogens is 3. The second-order valence-electron chi connectivity index (χ2n) is 12.4. The van der Waals surface area contributed by atoms with Gasteiger partial charge < -0.3 is 25.6 Å². The molecule has 4 amide bonds. The van der Waals surface area contributed by atoms with Crippen LogP contribution in [-0.4, -0.2) is 76.0 Å². The topological polar surface area (TPSA) is 154 Å². The molecule has 5 rings (SSSR count). The van der Waals surface area contributed by atoms with Gasteiger partial charge in [0.05, 0.1) is 12.3 Å². The highest BCUT2D eigenvalue weighted by atomic mass is 19.4. The van der Waals surface area contributed by atoms with Crippen LogP contribution in [0, 0.1) is 34.5 Å². The zero-order chi connectivity index (χ0) is 30.6. The Morgan fingerprint density at radius 3 is 2.57 bits per heavy atom. The minimum absolute atomic E-state index is 0.0807. The summed E-state index contributed by atoms with van der Waals surface area (Å²) in [5.74, 6) is -4.70. The predicted molar refractivity (Wildman–Crippen MR) is 139 cm³/mol. The first kappa shape index (κ1) is 29.6. The Balaban J connectivity index is 1.34. The lowest BCUT2D eigenvalue weighted by atomic mass is 9.95. The highest BCUT2D eigenvalue weighted by Crippen LogP contribution is 2.65. The number of fused-ring (bicyclic) bond motifs is 1. The van der Waals surface area contributed by atoms with Gasteiger partial charge in [0.15, 0.2) is 0 Å². The fraction of sp³-hybridized carbons (Fsp3) is 0.643. The normalized spacial score (nSPS) is 28.5. The van der Waals surface area contributed by atoms with Crippen LogP contribution in [-0.2, 0) is 19.2 Å². The fourth-order valence-corrected chi connectivity index (χ4v) is 6.63. The number of nitriles is 1. The number of pyridine rings is 1. The first-order chi connectivity index (χ1) is 19.7. The summed E-state index contributed by atoms with van der Waals surface area (Å²) in [5.41, 5.74) is -0.525. The van der Waals surface area contributed by atoms with Gasteiger partial charge in [0, 0.05) is 24.2 Å². The number of hydrogen-bond donors (Lipinski definition) is 3.